The van der Waals surface area contributed by atoms with Crippen LogP contribution in [0.2, 0.25) is 0 Å². The van der Waals surface area contributed by atoms with E-state index in [1.807, 2.05) is 24.3 Å². The van der Waals surface area contributed by atoms with Crippen LogP contribution in [0.15, 0.2) is 24.3 Å². The fourth-order valence-electron chi connectivity index (χ4n) is 2.69. The second kappa shape index (κ2) is 4.78. The summed E-state index contributed by atoms with van der Waals surface area (Å²) in [7, 11) is 0. The van der Waals surface area contributed by atoms with Crippen LogP contribution in [0, 0.1) is 0 Å². The molecule has 0 amide bonds. The van der Waals surface area contributed by atoms with Crippen LogP contribution in [-0.2, 0) is 9.47 Å². The lowest BCUT2D eigenvalue weighted by Gasteiger charge is -2.37. The van der Waals surface area contributed by atoms with Crippen molar-refractivity contribution in [3.8, 4) is 5.75 Å². The number of hydrogen-bond acceptors (Lipinski definition) is 4. The van der Waals surface area contributed by atoms with Gasteiger partial charge in [0.2, 0.25) is 0 Å². The maximum absolute atomic E-state index is 6.01. The molecule has 0 aliphatic carbocycles. The van der Waals surface area contributed by atoms with E-state index < -0.39 is 0 Å². The van der Waals surface area contributed by atoms with Gasteiger partial charge >= 0.3 is 0 Å². The Morgan fingerprint density at radius 1 is 1.22 bits per heavy atom. The van der Waals surface area contributed by atoms with Gasteiger partial charge < -0.3 is 19.9 Å². The topological polar surface area (TPSA) is 53.7 Å². The largest absolute Gasteiger partial charge is 0.490 e. The molecule has 1 aromatic carbocycles. The minimum atomic E-state index is -0.100. The molecular formula is C14H19NO3. The smallest absolute Gasteiger partial charge is 0.119 e. The van der Waals surface area contributed by atoms with Gasteiger partial charge in [-0.05, 0) is 24.3 Å². The van der Waals surface area contributed by atoms with Gasteiger partial charge in [0.05, 0.1) is 18.8 Å². The molecule has 2 aliphatic heterocycles. The van der Waals surface area contributed by atoms with Crippen molar-refractivity contribution in [2.75, 3.05) is 25.6 Å². The third kappa shape index (κ3) is 2.44. The van der Waals surface area contributed by atoms with Crippen molar-refractivity contribution in [2.24, 2.45) is 0 Å². The molecule has 4 nitrogen and oxygen atoms in total. The van der Waals surface area contributed by atoms with Crippen LogP contribution in [-0.4, -0.2) is 31.5 Å². The first-order chi connectivity index (χ1) is 8.76. The Balaban J connectivity index is 1.64. The summed E-state index contributed by atoms with van der Waals surface area (Å²) in [6, 6.07) is 7.57. The molecule has 2 unspecified atom stereocenters. The molecule has 2 saturated heterocycles. The molecule has 18 heavy (non-hydrogen) atoms. The molecule has 2 N–H and O–H groups in total. The van der Waals surface area contributed by atoms with Gasteiger partial charge in [-0.3, -0.25) is 0 Å². The van der Waals surface area contributed by atoms with Gasteiger partial charge in [-0.15, -0.1) is 0 Å². The molecule has 98 valence electrons. The van der Waals surface area contributed by atoms with Crippen LogP contribution in [0.1, 0.15) is 19.3 Å². The van der Waals surface area contributed by atoms with Crippen molar-refractivity contribution in [3.05, 3.63) is 24.3 Å². The zero-order valence-corrected chi connectivity index (χ0v) is 10.4. The van der Waals surface area contributed by atoms with E-state index in [1.54, 1.807) is 0 Å². The fourth-order valence-corrected chi connectivity index (χ4v) is 2.69. The minimum Gasteiger partial charge on any atom is -0.490 e. The second-order valence-electron chi connectivity index (χ2n) is 5.14. The Labute approximate surface area is 107 Å². The molecule has 2 atom stereocenters. The molecule has 2 aliphatic rings. The van der Waals surface area contributed by atoms with Gasteiger partial charge in [0.15, 0.2) is 0 Å². The third-order valence-corrected chi connectivity index (χ3v) is 3.70. The average molecular weight is 249 g/mol. The number of nitrogens with two attached hydrogens (primary N) is 1. The lowest BCUT2D eigenvalue weighted by molar-refractivity contribution is -0.112. The van der Waals surface area contributed by atoms with Crippen molar-refractivity contribution < 1.29 is 14.2 Å². The standard InChI is InChI=1S/C14H19NO3/c15-11-1-3-12(4-2-11)18-13-5-7-17-14(9-13)6-8-16-10-14/h1-4,13H,5-10,15H2. The van der Waals surface area contributed by atoms with Crippen molar-refractivity contribution in [2.45, 2.75) is 31.0 Å². The molecule has 2 heterocycles. The van der Waals surface area contributed by atoms with E-state index in [2.05, 4.69) is 0 Å². The van der Waals surface area contributed by atoms with E-state index in [4.69, 9.17) is 19.9 Å². The SMILES string of the molecule is Nc1ccc(OC2CCOC3(CCOC3)C2)cc1. The van der Waals surface area contributed by atoms with Crippen LogP contribution in [0.4, 0.5) is 5.69 Å². The predicted octanol–water partition coefficient (Wildman–Crippen LogP) is 1.99. The van der Waals surface area contributed by atoms with Crippen LogP contribution in [0.5, 0.6) is 5.75 Å². The molecule has 0 aromatic heterocycles. The molecule has 3 rings (SSSR count). The highest BCUT2D eigenvalue weighted by molar-refractivity contribution is 5.41. The van der Waals surface area contributed by atoms with Gasteiger partial charge in [-0.2, -0.15) is 0 Å². The molecular weight excluding hydrogens is 230 g/mol. The molecule has 0 saturated carbocycles. The van der Waals surface area contributed by atoms with Gasteiger partial charge in [0.1, 0.15) is 11.9 Å². The first-order valence-electron chi connectivity index (χ1n) is 6.50. The Morgan fingerprint density at radius 3 is 2.78 bits per heavy atom. The Kier molecular flexibility index (Phi) is 3.14. The lowest BCUT2D eigenvalue weighted by Crippen LogP contribution is -2.44. The highest BCUT2D eigenvalue weighted by atomic mass is 16.6. The molecule has 1 aromatic rings. The molecule has 0 bridgehead atoms. The quantitative estimate of drug-likeness (QED) is 0.814. The molecule has 2 fully saturated rings. The first kappa shape index (κ1) is 11.8. The highest BCUT2D eigenvalue weighted by Crippen LogP contribution is 2.34. The number of rotatable bonds is 2. The lowest BCUT2D eigenvalue weighted by atomic mass is 9.91. The van der Waals surface area contributed by atoms with E-state index >= 15 is 0 Å². The van der Waals surface area contributed by atoms with Gasteiger partial charge in [0.25, 0.3) is 0 Å². The molecule has 0 radical (unpaired) electrons. The van der Waals surface area contributed by atoms with Crippen molar-refractivity contribution in [3.63, 3.8) is 0 Å². The maximum Gasteiger partial charge on any atom is 0.119 e. The minimum absolute atomic E-state index is 0.100. The fraction of sp³-hybridized carbons (Fsp3) is 0.571. The molecule has 1 spiro atoms. The van der Waals surface area contributed by atoms with Crippen molar-refractivity contribution in [1.82, 2.24) is 0 Å². The number of ether oxygens (including phenoxy) is 3. The van der Waals surface area contributed by atoms with Crippen LogP contribution < -0.4 is 10.5 Å². The summed E-state index contributed by atoms with van der Waals surface area (Å²) in [5, 5.41) is 0. The van der Waals surface area contributed by atoms with Crippen LogP contribution >= 0.6 is 0 Å². The van der Waals surface area contributed by atoms with E-state index in [9.17, 15) is 0 Å². The maximum atomic E-state index is 6.01. The monoisotopic (exact) mass is 249 g/mol. The van der Waals surface area contributed by atoms with E-state index in [0.29, 0.717) is 6.61 Å². The summed E-state index contributed by atoms with van der Waals surface area (Å²) < 4.78 is 17.3. The normalized spacial score (nSPS) is 31.7. The van der Waals surface area contributed by atoms with Crippen LogP contribution in [0.25, 0.3) is 0 Å². The Morgan fingerprint density at radius 2 is 2.06 bits per heavy atom. The van der Waals surface area contributed by atoms with E-state index in [0.717, 1.165) is 43.9 Å². The number of anilines is 1. The average Bonchev–Trinajstić information content (AvgIpc) is 2.80. The molecule has 4 heteroatoms. The summed E-state index contributed by atoms with van der Waals surface area (Å²) >= 11 is 0. The van der Waals surface area contributed by atoms with E-state index in [1.165, 1.54) is 0 Å². The Hall–Kier alpha value is -1.26. The second-order valence-corrected chi connectivity index (χ2v) is 5.14. The summed E-state index contributed by atoms with van der Waals surface area (Å²) in [6.07, 6.45) is 3.04. The Bertz CT molecular complexity index is 398. The predicted molar refractivity (Wildman–Crippen MR) is 68.6 cm³/mol. The number of hydrogen-bond donors (Lipinski definition) is 1. The summed E-state index contributed by atoms with van der Waals surface area (Å²) in [5.74, 6) is 0.880. The van der Waals surface area contributed by atoms with E-state index in [-0.39, 0.29) is 11.7 Å². The van der Waals surface area contributed by atoms with Gasteiger partial charge in [0, 0.05) is 31.6 Å². The summed E-state index contributed by atoms with van der Waals surface area (Å²) in [6.45, 7) is 2.26. The van der Waals surface area contributed by atoms with Crippen molar-refractivity contribution in [1.29, 1.82) is 0 Å². The van der Waals surface area contributed by atoms with Gasteiger partial charge in [-0.25, -0.2) is 0 Å². The third-order valence-electron chi connectivity index (χ3n) is 3.70. The first-order valence-corrected chi connectivity index (χ1v) is 6.50. The zero-order valence-electron chi connectivity index (χ0n) is 10.4. The van der Waals surface area contributed by atoms with Gasteiger partial charge in [-0.1, -0.05) is 0 Å². The summed E-state index contributed by atoms with van der Waals surface area (Å²) in [4.78, 5) is 0. The number of nitrogen functional groups attached to an aromatic ring is 1. The van der Waals surface area contributed by atoms with Crippen LogP contribution in [0.3, 0.4) is 0 Å². The highest BCUT2D eigenvalue weighted by Gasteiger charge is 2.41. The zero-order chi connectivity index (χ0) is 12.4. The van der Waals surface area contributed by atoms with Crippen molar-refractivity contribution >= 4 is 5.69 Å². The number of benzene rings is 1. The summed E-state index contributed by atoms with van der Waals surface area (Å²) in [5.41, 5.74) is 6.32.